The van der Waals surface area contributed by atoms with Crippen molar-refractivity contribution in [3.05, 3.63) is 106 Å². The summed E-state index contributed by atoms with van der Waals surface area (Å²) in [5.74, 6) is 0. The molecule has 3 aromatic rings. The average Bonchev–Trinajstić information content (AvgIpc) is 2.65. The molecule has 0 amide bonds. The maximum absolute atomic E-state index is 3.43. The molecule has 0 heterocycles. The Morgan fingerprint density at radius 1 is 0.609 bits per heavy atom. The molecule has 0 saturated heterocycles. The van der Waals surface area contributed by atoms with Crippen molar-refractivity contribution in [1.29, 1.82) is 0 Å². The number of rotatable bonds is 4. The van der Waals surface area contributed by atoms with Crippen LogP contribution in [0.25, 0.3) is 0 Å². The Kier molecular flexibility index (Phi) is 5.27. The molecular weight excluding hydrogens is 471 g/mol. The van der Waals surface area contributed by atoms with Gasteiger partial charge in [-0.1, -0.05) is 0 Å². The Morgan fingerprint density at radius 2 is 0.957 bits per heavy atom. The van der Waals surface area contributed by atoms with Gasteiger partial charge in [0.25, 0.3) is 0 Å². The van der Waals surface area contributed by atoms with E-state index in [-0.39, 0.29) is 0 Å². The fourth-order valence-corrected chi connectivity index (χ4v) is 18.9. The predicted molar refractivity (Wildman–Crippen MR) is 102 cm³/mol. The Morgan fingerprint density at radius 3 is 1.26 bits per heavy atom. The fourth-order valence-electron chi connectivity index (χ4n) is 3.06. The molecule has 0 aliphatic carbocycles. The second-order valence-electron chi connectivity index (χ2n) is 5.51. The molecule has 0 nitrogen and oxygen atoms in total. The van der Waals surface area contributed by atoms with E-state index in [1.54, 1.807) is 0 Å². The molecule has 1 heteroatoms. The van der Waals surface area contributed by atoms with Crippen LogP contribution in [-0.2, 0) is 0 Å². The molecule has 3 aromatic carbocycles. The van der Waals surface area contributed by atoms with Crippen molar-refractivity contribution in [2.24, 2.45) is 0 Å². The normalized spacial score (nSPS) is 10.7. The van der Waals surface area contributed by atoms with E-state index in [0.717, 1.165) is 0 Å². The first-order valence-corrected chi connectivity index (χ1v) is 16.0. The second-order valence-corrected chi connectivity index (χ2v) is 19.6. The molecule has 112 valence electrons. The average molecular weight is 492 g/mol. The van der Waals surface area contributed by atoms with E-state index in [2.05, 4.69) is 100 Å². The molecule has 23 heavy (non-hydrogen) atoms. The van der Waals surface area contributed by atoms with E-state index in [4.69, 9.17) is 0 Å². The molecule has 0 aliphatic heterocycles. The van der Waals surface area contributed by atoms with Gasteiger partial charge in [0.15, 0.2) is 0 Å². The van der Waals surface area contributed by atoms with E-state index in [9.17, 15) is 0 Å². The van der Waals surface area contributed by atoms with Gasteiger partial charge < -0.3 is 0 Å². The molecule has 0 N–H and O–H groups in total. The van der Waals surface area contributed by atoms with Crippen LogP contribution < -0.4 is 9.37 Å². The van der Waals surface area contributed by atoms with Crippen molar-refractivity contribution in [2.45, 2.75) is 6.92 Å². The zero-order chi connectivity index (χ0) is 16.0. The monoisotopic (exact) mass is 492 g/mol. The number of hydrogen-bond acceptors (Lipinski definition) is 0. The summed E-state index contributed by atoms with van der Waals surface area (Å²) < 4.78 is 6.79. The van der Waals surface area contributed by atoms with Crippen LogP contribution in [0.4, 0.5) is 0 Å². The predicted octanol–water partition coefficient (Wildman–Crippen LogP) is 3.43. The molecule has 0 aliphatic rings. The third-order valence-corrected chi connectivity index (χ3v) is 21.0. The van der Waals surface area contributed by atoms with E-state index in [0.29, 0.717) is 0 Å². The van der Waals surface area contributed by atoms with Crippen molar-refractivity contribution >= 4 is 30.5 Å². The van der Waals surface area contributed by atoms with Gasteiger partial charge in [-0.05, 0) is 0 Å². The number of hydrogen-bond donors (Lipinski definition) is 0. The molecule has 0 unspecified atom stereocenters. The van der Waals surface area contributed by atoms with Crippen molar-refractivity contribution < 1.29 is 0 Å². The molecular formula is C22H20Pb. The Balaban J connectivity index is 2.37. The summed E-state index contributed by atoms with van der Waals surface area (Å²) in [5, 5.41) is 0. The van der Waals surface area contributed by atoms with Gasteiger partial charge in [-0.3, -0.25) is 0 Å². The Labute approximate surface area is 143 Å². The zero-order valence-corrected chi connectivity index (χ0v) is 17.2. The van der Waals surface area contributed by atoms with Crippen LogP contribution in [0, 0.1) is 0 Å². The van der Waals surface area contributed by atoms with Gasteiger partial charge >= 0.3 is 144 Å². The zero-order valence-electron chi connectivity index (χ0n) is 13.3. The van der Waals surface area contributed by atoms with E-state index in [1.807, 2.05) is 13.0 Å². The standard InChI is InChI=1S/3C6H5.C4H5.Pb/c3*1-2-4-6-5-3-1;1-3-4-2;/h3*1-5H;1,4H,2H3;. The van der Waals surface area contributed by atoms with Crippen LogP contribution >= 0.6 is 0 Å². The minimum absolute atomic E-state index is 1.46. The van der Waals surface area contributed by atoms with Gasteiger partial charge in [0.1, 0.15) is 0 Å². The minimum atomic E-state index is -3.34. The van der Waals surface area contributed by atoms with Crippen LogP contribution in [0.3, 0.4) is 0 Å². The molecule has 0 atom stereocenters. The first-order valence-electron chi connectivity index (χ1n) is 7.93. The summed E-state index contributed by atoms with van der Waals surface area (Å²) in [6.07, 6.45) is 2.02. The van der Waals surface area contributed by atoms with Gasteiger partial charge in [0, 0.05) is 0 Å². The van der Waals surface area contributed by atoms with Crippen LogP contribution in [0.2, 0.25) is 0 Å². The summed E-state index contributed by atoms with van der Waals surface area (Å²) in [5.41, 5.74) is 3.43. The van der Waals surface area contributed by atoms with Crippen LogP contribution in [0.5, 0.6) is 0 Å². The van der Waals surface area contributed by atoms with Crippen molar-refractivity contribution in [2.75, 3.05) is 0 Å². The molecule has 0 aromatic heterocycles. The quantitative estimate of drug-likeness (QED) is 0.388. The Bertz CT molecular complexity index is 702. The van der Waals surface area contributed by atoms with Gasteiger partial charge in [-0.25, -0.2) is 0 Å². The summed E-state index contributed by atoms with van der Waals surface area (Å²) >= 11 is -3.34. The SMILES string of the molecule is CC=C=[CH][Pb]([c]1ccccc1)([c]1ccccc1)[c]1ccccc1. The van der Waals surface area contributed by atoms with E-state index < -0.39 is 21.2 Å². The summed E-state index contributed by atoms with van der Waals surface area (Å²) in [6.45, 7) is 2.04. The van der Waals surface area contributed by atoms with Gasteiger partial charge in [0.05, 0.1) is 0 Å². The fraction of sp³-hybridized carbons (Fsp3) is 0.0455. The van der Waals surface area contributed by atoms with Crippen molar-refractivity contribution in [3.8, 4) is 0 Å². The number of allylic oxidation sites excluding steroid dienone is 1. The van der Waals surface area contributed by atoms with Crippen LogP contribution in [-0.4, -0.2) is 21.2 Å². The van der Waals surface area contributed by atoms with Gasteiger partial charge in [-0.15, -0.1) is 0 Å². The first kappa shape index (κ1) is 16.0. The third-order valence-electron chi connectivity index (χ3n) is 4.15. The molecule has 0 radical (unpaired) electrons. The first-order chi connectivity index (χ1) is 11.4. The van der Waals surface area contributed by atoms with Crippen LogP contribution in [0.15, 0.2) is 106 Å². The Hall–Kier alpha value is -1.90. The summed E-state index contributed by atoms with van der Waals surface area (Å²) in [6, 6.07) is 32.9. The molecule has 0 saturated carbocycles. The molecule has 0 bridgehead atoms. The molecule has 0 fully saturated rings. The topological polar surface area (TPSA) is 0 Å². The molecule has 3 rings (SSSR count). The van der Waals surface area contributed by atoms with Gasteiger partial charge in [0.2, 0.25) is 0 Å². The van der Waals surface area contributed by atoms with E-state index in [1.165, 1.54) is 9.37 Å². The third kappa shape index (κ3) is 3.24. The van der Waals surface area contributed by atoms with Crippen molar-refractivity contribution in [3.63, 3.8) is 0 Å². The summed E-state index contributed by atoms with van der Waals surface area (Å²) in [7, 11) is 0. The van der Waals surface area contributed by atoms with E-state index >= 15 is 0 Å². The van der Waals surface area contributed by atoms with Gasteiger partial charge in [-0.2, -0.15) is 0 Å². The number of benzene rings is 3. The second kappa shape index (κ2) is 7.58. The van der Waals surface area contributed by atoms with Crippen LogP contribution in [0.1, 0.15) is 6.92 Å². The summed E-state index contributed by atoms with van der Waals surface area (Å²) in [4.78, 5) is 0. The maximum atomic E-state index is 3.43. The van der Waals surface area contributed by atoms with Crippen molar-refractivity contribution in [1.82, 2.24) is 0 Å². The molecule has 0 spiro atoms.